The van der Waals surface area contributed by atoms with Gasteiger partial charge in [0.1, 0.15) is 5.82 Å². The van der Waals surface area contributed by atoms with Gasteiger partial charge in [-0.25, -0.2) is 4.39 Å². The lowest BCUT2D eigenvalue weighted by Gasteiger charge is -2.28. The van der Waals surface area contributed by atoms with E-state index in [-0.39, 0.29) is 11.8 Å². The highest BCUT2D eigenvalue weighted by Gasteiger charge is 2.35. The van der Waals surface area contributed by atoms with Crippen molar-refractivity contribution in [2.75, 3.05) is 13.6 Å². The molecule has 0 unspecified atom stereocenters. The molecule has 0 aliphatic carbocycles. The monoisotopic (exact) mass is 342 g/mol. The number of aromatic nitrogens is 2. The number of nitrogens with one attached hydrogen (secondary N) is 2. The summed E-state index contributed by atoms with van der Waals surface area (Å²) in [5, 5.41) is 9.59. The molecule has 6 nitrogen and oxygen atoms in total. The first-order valence-corrected chi connectivity index (χ1v) is 7.88. The Hall–Kier alpha value is -2.96. The first-order chi connectivity index (χ1) is 11.8. The summed E-state index contributed by atoms with van der Waals surface area (Å²) in [7, 11) is 1.53. The van der Waals surface area contributed by atoms with Crippen molar-refractivity contribution < 1.29 is 14.0 Å². The van der Waals surface area contributed by atoms with E-state index in [0.717, 1.165) is 5.69 Å². The number of aromatic amines is 1. The van der Waals surface area contributed by atoms with E-state index in [1.165, 1.54) is 42.4 Å². The lowest BCUT2D eigenvalue weighted by Crippen LogP contribution is -2.37. The number of H-pyrrole nitrogens is 1. The maximum atomic E-state index is 13.1. The third-order valence-corrected chi connectivity index (χ3v) is 4.28. The van der Waals surface area contributed by atoms with E-state index in [2.05, 4.69) is 15.5 Å². The Morgan fingerprint density at radius 1 is 1.28 bits per heavy atom. The molecule has 3 rings (SSSR count). The Kier molecular flexibility index (Phi) is 4.16. The minimum absolute atomic E-state index is 0.299. The number of benzene rings is 1. The zero-order valence-corrected chi connectivity index (χ0v) is 14.3. The zero-order chi connectivity index (χ0) is 18.2. The van der Waals surface area contributed by atoms with Crippen LogP contribution < -0.4 is 5.32 Å². The van der Waals surface area contributed by atoms with Crippen LogP contribution in [0, 0.1) is 5.82 Å². The summed E-state index contributed by atoms with van der Waals surface area (Å²) >= 11 is 0. The molecular weight excluding hydrogens is 323 g/mol. The Labute approximate surface area is 144 Å². The van der Waals surface area contributed by atoms with Crippen molar-refractivity contribution in [3.8, 4) is 0 Å². The number of carbonyl (C=O) groups excluding carboxylic acids is 2. The number of carbonyl (C=O) groups is 2. The quantitative estimate of drug-likeness (QED) is 0.877. The van der Waals surface area contributed by atoms with Gasteiger partial charge >= 0.3 is 0 Å². The summed E-state index contributed by atoms with van der Waals surface area (Å²) in [6.07, 6.45) is 3.12. The fourth-order valence-electron chi connectivity index (χ4n) is 2.99. The van der Waals surface area contributed by atoms with Crippen molar-refractivity contribution >= 4 is 17.4 Å². The minimum atomic E-state index is -0.451. The van der Waals surface area contributed by atoms with Crippen LogP contribution in [0.5, 0.6) is 0 Å². The summed E-state index contributed by atoms with van der Waals surface area (Å²) in [4.78, 5) is 26.7. The van der Waals surface area contributed by atoms with Gasteiger partial charge in [0.2, 0.25) is 0 Å². The molecule has 2 N–H and O–H groups in total. The summed E-state index contributed by atoms with van der Waals surface area (Å²) in [5.41, 5.74) is 1.71. The molecule has 2 aromatic rings. The van der Waals surface area contributed by atoms with Crippen molar-refractivity contribution in [1.82, 2.24) is 20.4 Å². The standard InChI is InChI=1S/C18H19FN4O2/c1-18(2)10-23(17(25)11-4-6-12(19)7-5-11)9-14(16(24)20-3)13-8-21-22-15(13)18/h4-9H,10H2,1-3H3,(H,20,24)(H,21,22). The van der Waals surface area contributed by atoms with Crippen LogP contribution in [0.3, 0.4) is 0 Å². The summed E-state index contributed by atoms with van der Waals surface area (Å²) in [6.45, 7) is 4.28. The number of nitrogens with zero attached hydrogens (tertiary/aromatic N) is 2. The highest BCUT2D eigenvalue weighted by molar-refractivity contribution is 6.20. The number of hydrogen-bond donors (Lipinski definition) is 2. The number of fused-ring (bicyclic) bond motifs is 1. The largest absolute Gasteiger partial charge is 0.355 e. The molecule has 0 bridgehead atoms. The maximum absolute atomic E-state index is 13.1. The van der Waals surface area contributed by atoms with Gasteiger partial charge in [0.05, 0.1) is 17.5 Å². The molecule has 2 amide bonds. The smallest absolute Gasteiger partial charge is 0.257 e. The first-order valence-electron chi connectivity index (χ1n) is 7.88. The highest BCUT2D eigenvalue weighted by atomic mass is 19.1. The molecule has 1 aromatic carbocycles. The van der Waals surface area contributed by atoms with Crippen LogP contribution in [0.2, 0.25) is 0 Å². The van der Waals surface area contributed by atoms with Crippen LogP contribution >= 0.6 is 0 Å². The lowest BCUT2D eigenvalue weighted by atomic mass is 9.86. The van der Waals surface area contributed by atoms with Crippen LogP contribution in [0.1, 0.15) is 35.5 Å². The molecule has 0 radical (unpaired) electrons. The van der Waals surface area contributed by atoms with E-state index in [4.69, 9.17) is 0 Å². The molecule has 0 saturated heterocycles. The van der Waals surface area contributed by atoms with E-state index in [1.54, 1.807) is 6.20 Å². The maximum Gasteiger partial charge on any atom is 0.257 e. The summed E-state index contributed by atoms with van der Waals surface area (Å²) in [6, 6.07) is 5.35. The second-order valence-electron chi connectivity index (χ2n) is 6.60. The average Bonchev–Trinajstić information content (AvgIpc) is 3.04. The fourth-order valence-corrected chi connectivity index (χ4v) is 2.99. The molecule has 2 heterocycles. The van der Waals surface area contributed by atoms with Gasteiger partial charge in [-0.05, 0) is 24.3 Å². The first kappa shape index (κ1) is 16.9. The third kappa shape index (κ3) is 3.05. The number of likely N-dealkylation sites (N-methyl/N-ethyl adjacent to an activating group) is 1. The molecule has 130 valence electrons. The van der Waals surface area contributed by atoms with Gasteiger partial charge in [-0.3, -0.25) is 14.7 Å². The molecule has 0 saturated carbocycles. The van der Waals surface area contributed by atoms with Gasteiger partial charge in [-0.2, -0.15) is 5.10 Å². The molecule has 7 heteroatoms. The van der Waals surface area contributed by atoms with Crippen LogP contribution in [-0.2, 0) is 10.2 Å². The van der Waals surface area contributed by atoms with Gasteiger partial charge in [-0.15, -0.1) is 0 Å². The van der Waals surface area contributed by atoms with Crippen molar-refractivity contribution in [3.63, 3.8) is 0 Å². The third-order valence-electron chi connectivity index (χ3n) is 4.28. The number of amides is 2. The minimum Gasteiger partial charge on any atom is -0.355 e. The molecule has 0 atom stereocenters. The second-order valence-corrected chi connectivity index (χ2v) is 6.60. The van der Waals surface area contributed by atoms with Crippen LogP contribution in [0.25, 0.3) is 5.57 Å². The van der Waals surface area contributed by atoms with Crippen molar-refractivity contribution in [1.29, 1.82) is 0 Å². The summed E-state index contributed by atoms with van der Waals surface area (Å²) < 4.78 is 13.1. The van der Waals surface area contributed by atoms with E-state index >= 15 is 0 Å². The predicted octanol–water partition coefficient (Wildman–Crippen LogP) is 2.07. The lowest BCUT2D eigenvalue weighted by molar-refractivity contribution is -0.115. The van der Waals surface area contributed by atoms with Crippen LogP contribution in [0.15, 0.2) is 36.7 Å². The highest BCUT2D eigenvalue weighted by Crippen LogP contribution is 2.34. The van der Waals surface area contributed by atoms with E-state index in [1.807, 2.05) is 13.8 Å². The molecule has 1 aliphatic heterocycles. The number of hydrogen-bond acceptors (Lipinski definition) is 3. The molecular formula is C18H19FN4O2. The van der Waals surface area contributed by atoms with E-state index in [0.29, 0.717) is 23.2 Å². The van der Waals surface area contributed by atoms with Gasteiger partial charge in [0, 0.05) is 36.3 Å². The van der Waals surface area contributed by atoms with Crippen molar-refractivity contribution in [3.05, 3.63) is 59.3 Å². The van der Waals surface area contributed by atoms with Crippen LogP contribution in [0.4, 0.5) is 4.39 Å². The number of rotatable bonds is 2. The summed E-state index contributed by atoms with van der Waals surface area (Å²) in [5.74, 6) is -1.01. The Morgan fingerprint density at radius 3 is 2.60 bits per heavy atom. The molecule has 0 fully saturated rings. The van der Waals surface area contributed by atoms with Gasteiger partial charge in [-0.1, -0.05) is 13.8 Å². The van der Waals surface area contributed by atoms with E-state index in [9.17, 15) is 14.0 Å². The Bertz CT molecular complexity index is 852. The Balaban J connectivity index is 2.08. The molecule has 0 spiro atoms. The molecule has 1 aromatic heterocycles. The average molecular weight is 342 g/mol. The van der Waals surface area contributed by atoms with Gasteiger partial charge < -0.3 is 10.2 Å². The molecule has 1 aliphatic rings. The SMILES string of the molecule is CNC(=O)C1=CN(C(=O)c2ccc(F)cc2)CC(C)(C)c2[nH]ncc21. The number of halogens is 1. The van der Waals surface area contributed by atoms with E-state index < -0.39 is 11.2 Å². The second kappa shape index (κ2) is 6.16. The van der Waals surface area contributed by atoms with Crippen molar-refractivity contribution in [2.45, 2.75) is 19.3 Å². The normalized spacial score (nSPS) is 15.8. The van der Waals surface area contributed by atoms with Gasteiger partial charge in [0.15, 0.2) is 0 Å². The predicted molar refractivity (Wildman–Crippen MR) is 91.1 cm³/mol. The zero-order valence-electron chi connectivity index (χ0n) is 14.3. The van der Waals surface area contributed by atoms with Crippen molar-refractivity contribution in [2.24, 2.45) is 0 Å². The molecule has 25 heavy (non-hydrogen) atoms. The van der Waals surface area contributed by atoms with Crippen LogP contribution in [-0.4, -0.2) is 40.5 Å². The Morgan fingerprint density at radius 2 is 1.96 bits per heavy atom. The topological polar surface area (TPSA) is 78.1 Å². The fraction of sp³-hybridized carbons (Fsp3) is 0.278. The van der Waals surface area contributed by atoms with Gasteiger partial charge in [0.25, 0.3) is 11.8 Å².